The SMILES string of the molecule is CCOC(=O)c1cc(F)cc(S(=O)(=O)N2CCC(C(C)N)CC2)c1.Cl. The van der Waals surface area contributed by atoms with Crippen LogP contribution in [0.2, 0.25) is 0 Å². The zero-order chi connectivity index (χ0) is 17.9. The van der Waals surface area contributed by atoms with Gasteiger partial charge in [-0.25, -0.2) is 17.6 Å². The fraction of sp³-hybridized carbons (Fsp3) is 0.562. The molecule has 1 heterocycles. The van der Waals surface area contributed by atoms with Crippen LogP contribution in [0, 0.1) is 11.7 Å². The van der Waals surface area contributed by atoms with Gasteiger partial charge < -0.3 is 10.5 Å². The molecule has 142 valence electrons. The lowest BCUT2D eigenvalue weighted by molar-refractivity contribution is 0.0525. The van der Waals surface area contributed by atoms with Gasteiger partial charge in [0.15, 0.2) is 0 Å². The van der Waals surface area contributed by atoms with E-state index >= 15 is 0 Å². The Bertz CT molecular complexity index is 704. The van der Waals surface area contributed by atoms with E-state index in [9.17, 15) is 17.6 Å². The number of hydrogen-bond donors (Lipinski definition) is 1. The standard InChI is InChI=1S/C16H23FN2O4S.ClH/c1-3-23-16(20)13-8-14(17)10-15(9-13)24(21,22)19-6-4-12(5-7-19)11(2)18;/h8-12H,3-7,18H2,1-2H3;1H. The Hall–Kier alpha value is -1.22. The van der Waals surface area contributed by atoms with Crippen LogP contribution in [0.5, 0.6) is 0 Å². The Labute approximate surface area is 154 Å². The molecular formula is C16H24ClFN2O4S. The van der Waals surface area contributed by atoms with E-state index in [0.29, 0.717) is 25.9 Å². The third-order valence-electron chi connectivity index (χ3n) is 4.26. The van der Waals surface area contributed by atoms with E-state index in [-0.39, 0.29) is 41.4 Å². The summed E-state index contributed by atoms with van der Waals surface area (Å²) in [5.74, 6) is -1.26. The number of sulfonamides is 1. The molecule has 0 spiro atoms. The van der Waals surface area contributed by atoms with E-state index in [1.54, 1.807) is 6.92 Å². The Morgan fingerprint density at radius 2 is 1.96 bits per heavy atom. The van der Waals surface area contributed by atoms with Gasteiger partial charge >= 0.3 is 5.97 Å². The highest BCUT2D eigenvalue weighted by atomic mass is 35.5. The first-order valence-corrected chi connectivity index (χ1v) is 9.43. The van der Waals surface area contributed by atoms with Gasteiger partial charge in [0.2, 0.25) is 10.0 Å². The molecule has 0 aliphatic carbocycles. The molecule has 0 amide bonds. The summed E-state index contributed by atoms with van der Waals surface area (Å²) in [4.78, 5) is 11.5. The third-order valence-corrected chi connectivity index (χ3v) is 6.14. The molecule has 1 fully saturated rings. The van der Waals surface area contributed by atoms with Crippen molar-refractivity contribution in [3.05, 3.63) is 29.6 Å². The minimum atomic E-state index is -3.86. The van der Waals surface area contributed by atoms with Crippen LogP contribution in [0.3, 0.4) is 0 Å². The summed E-state index contributed by atoms with van der Waals surface area (Å²) in [6.07, 6.45) is 1.33. The summed E-state index contributed by atoms with van der Waals surface area (Å²) in [5, 5.41) is 0. The van der Waals surface area contributed by atoms with Gasteiger partial charge in [-0.1, -0.05) is 0 Å². The molecule has 0 aromatic heterocycles. The van der Waals surface area contributed by atoms with Crippen LogP contribution < -0.4 is 5.73 Å². The van der Waals surface area contributed by atoms with Crippen molar-refractivity contribution in [1.29, 1.82) is 0 Å². The maximum absolute atomic E-state index is 13.8. The van der Waals surface area contributed by atoms with Crippen molar-refractivity contribution in [2.24, 2.45) is 11.7 Å². The average Bonchev–Trinajstić information content (AvgIpc) is 2.54. The molecule has 1 aliphatic heterocycles. The first-order valence-electron chi connectivity index (χ1n) is 7.99. The Morgan fingerprint density at radius 1 is 1.36 bits per heavy atom. The van der Waals surface area contributed by atoms with E-state index in [1.165, 1.54) is 4.31 Å². The second-order valence-electron chi connectivity index (χ2n) is 6.00. The summed E-state index contributed by atoms with van der Waals surface area (Å²) in [7, 11) is -3.86. The van der Waals surface area contributed by atoms with Gasteiger partial charge in [0.25, 0.3) is 0 Å². The van der Waals surface area contributed by atoms with Crippen LogP contribution in [0.4, 0.5) is 4.39 Å². The Kier molecular flexibility index (Phi) is 7.80. The molecule has 9 heteroatoms. The van der Waals surface area contributed by atoms with Crippen molar-refractivity contribution in [3.8, 4) is 0 Å². The molecule has 1 aromatic rings. The van der Waals surface area contributed by atoms with Gasteiger partial charge in [-0.05, 0) is 50.8 Å². The molecule has 2 rings (SSSR count). The minimum absolute atomic E-state index is 0. The lowest BCUT2D eigenvalue weighted by atomic mass is 9.92. The molecule has 0 saturated carbocycles. The molecule has 1 aliphatic rings. The Balaban J connectivity index is 0.00000312. The number of carbonyl (C=O) groups is 1. The average molecular weight is 395 g/mol. The molecule has 1 atom stereocenters. The zero-order valence-corrected chi connectivity index (χ0v) is 15.9. The largest absolute Gasteiger partial charge is 0.462 e. The molecule has 1 aromatic carbocycles. The maximum atomic E-state index is 13.8. The fourth-order valence-electron chi connectivity index (χ4n) is 2.83. The minimum Gasteiger partial charge on any atom is -0.462 e. The highest BCUT2D eigenvalue weighted by molar-refractivity contribution is 7.89. The highest BCUT2D eigenvalue weighted by Crippen LogP contribution is 2.26. The van der Waals surface area contributed by atoms with Crippen LogP contribution in [0.15, 0.2) is 23.1 Å². The van der Waals surface area contributed by atoms with E-state index in [1.807, 2.05) is 6.92 Å². The molecule has 25 heavy (non-hydrogen) atoms. The summed E-state index contributed by atoms with van der Waals surface area (Å²) >= 11 is 0. The summed E-state index contributed by atoms with van der Waals surface area (Å²) < 4.78 is 45.4. The van der Waals surface area contributed by atoms with Gasteiger partial charge in [0.1, 0.15) is 5.82 Å². The predicted molar refractivity (Wildman–Crippen MR) is 94.7 cm³/mol. The van der Waals surface area contributed by atoms with E-state index in [2.05, 4.69) is 0 Å². The number of halogens is 2. The maximum Gasteiger partial charge on any atom is 0.338 e. The molecule has 2 N–H and O–H groups in total. The van der Waals surface area contributed by atoms with Gasteiger partial charge in [0, 0.05) is 19.1 Å². The smallest absolute Gasteiger partial charge is 0.338 e. The van der Waals surface area contributed by atoms with Gasteiger partial charge in [-0.2, -0.15) is 4.31 Å². The van der Waals surface area contributed by atoms with Crippen LogP contribution in [0.25, 0.3) is 0 Å². The lowest BCUT2D eigenvalue weighted by Gasteiger charge is -2.33. The first kappa shape index (κ1) is 21.8. The van der Waals surface area contributed by atoms with Crippen molar-refractivity contribution >= 4 is 28.4 Å². The molecule has 6 nitrogen and oxygen atoms in total. The normalized spacial score (nSPS) is 17.6. The fourth-order valence-corrected chi connectivity index (χ4v) is 4.36. The number of nitrogens with two attached hydrogens (primary N) is 1. The number of rotatable bonds is 5. The van der Waals surface area contributed by atoms with Crippen LogP contribution in [-0.4, -0.2) is 44.4 Å². The summed E-state index contributed by atoms with van der Waals surface area (Å²) in [5.41, 5.74) is 5.76. The van der Waals surface area contributed by atoms with Crippen molar-refractivity contribution in [1.82, 2.24) is 4.31 Å². The molecule has 0 radical (unpaired) electrons. The second-order valence-corrected chi connectivity index (χ2v) is 7.93. The predicted octanol–water partition coefficient (Wildman–Crippen LogP) is 2.17. The quantitative estimate of drug-likeness (QED) is 0.773. The van der Waals surface area contributed by atoms with E-state index < -0.39 is 21.8 Å². The van der Waals surface area contributed by atoms with Crippen LogP contribution >= 0.6 is 12.4 Å². The number of ether oxygens (including phenoxy) is 1. The highest BCUT2D eigenvalue weighted by Gasteiger charge is 2.31. The van der Waals surface area contributed by atoms with Crippen molar-refractivity contribution < 1.29 is 22.3 Å². The van der Waals surface area contributed by atoms with Gasteiger partial charge in [-0.15, -0.1) is 12.4 Å². The number of piperidine rings is 1. The number of benzene rings is 1. The first-order chi connectivity index (χ1) is 11.3. The Morgan fingerprint density at radius 3 is 2.48 bits per heavy atom. The number of esters is 1. The van der Waals surface area contributed by atoms with Crippen molar-refractivity contribution in [2.45, 2.75) is 37.6 Å². The van der Waals surface area contributed by atoms with Crippen molar-refractivity contribution in [2.75, 3.05) is 19.7 Å². The molecular weight excluding hydrogens is 371 g/mol. The lowest BCUT2D eigenvalue weighted by Crippen LogP contribution is -2.42. The van der Waals surface area contributed by atoms with Crippen LogP contribution in [-0.2, 0) is 14.8 Å². The second kappa shape index (κ2) is 8.93. The molecule has 1 unspecified atom stereocenters. The van der Waals surface area contributed by atoms with Gasteiger partial charge in [0.05, 0.1) is 17.1 Å². The van der Waals surface area contributed by atoms with E-state index in [4.69, 9.17) is 10.5 Å². The monoisotopic (exact) mass is 394 g/mol. The van der Waals surface area contributed by atoms with Crippen LogP contribution in [0.1, 0.15) is 37.0 Å². The summed E-state index contributed by atoms with van der Waals surface area (Å²) in [6.45, 7) is 4.33. The van der Waals surface area contributed by atoms with E-state index in [0.717, 1.165) is 18.2 Å². The van der Waals surface area contributed by atoms with Crippen molar-refractivity contribution in [3.63, 3.8) is 0 Å². The third kappa shape index (κ3) is 5.13. The number of carbonyl (C=O) groups excluding carboxylic acids is 1. The topological polar surface area (TPSA) is 89.7 Å². The molecule has 1 saturated heterocycles. The molecule has 0 bridgehead atoms. The van der Waals surface area contributed by atoms with Gasteiger partial charge in [-0.3, -0.25) is 0 Å². The number of hydrogen-bond acceptors (Lipinski definition) is 5. The zero-order valence-electron chi connectivity index (χ0n) is 14.3. The number of nitrogens with zero attached hydrogens (tertiary/aromatic N) is 1. The summed E-state index contributed by atoms with van der Waals surface area (Å²) in [6, 6.07) is 3.07.